The minimum atomic E-state index is -0.467. The van der Waals surface area contributed by atoms with Crippen molar-refractivity contribution in [3.63, 3.8) is 0 Å². The SMILES string of the molecule is CC1(C)COC(/C=C/[C@@H]2O[C@H]([C@H]3CO3)C[C@@H]2O)OC1. The van der Waals surface area contributed by atoms with Crippen LogP contribution in [-0.2, 0) is 18.9 Å². The lowest BCUT2D eigenvalue weighted by Crippen LogP contribution is -2.37. The minimum Gasteiger partial charge on any atom is -0.390 e. The summed E-state index contributed by atoms with van der Waals surface area (Å²) in [5.74, 6) is 0. The van der Waals surface area contributed by atoms with E-state index in [2.05, 4.69) is 13.8 Å². The van der Waals surface area contributed by atoms with Gasteiger partial charge in [0.15, 0.2) is 6.29 Å². The van der Waals surface area contributed by atoms with Gasteiger partial charge >= 0.3 is 0 Å². The van der Waals surface area contributed by atoms with Crippen LogP contribution in [0.25, 0.3) is 0 Å². The maximum Gasteiger partial charge on any atom is 0.176 e. The Morgan fingerprint density at radius 3 is 2.37 bits per heavy atom. The maximum absolute atomic E-state index is 9.94. The van der Waals surface area contributed by atoms with Gasteiger partial charge in [0.25, 0.3) is 0 Å². The van der Waals surface area contributed by atoms with Crippen molar-refractivity contribution in [3.05, 3.63) is 12.2 Å². The summed E-state index contributed by atoms with van der Waals surface area (Å²) in [5.41, 5.74) is 0.0715. The van der Waals surface area contributed by atoms with E-state index in [9.17, 15) is 5.11 Å². The molecule has 108 valence electrons. The Hall–Kier alpha value is -0.460. The molecule has 3 saturated heterocycles. The van der Waals surface area contributed by atoms with E-state index in [4.69, 9.17) is 18.9 Å². The number of hydrogen-bond acceptors (Lipinski definition) is 5. The molecular formula is C14H22O5. The van der Waals surface area contributed by atoms with Crippen molar-refractivity contribution in [2.45, 2.75) is 51.0 Å². The van der Waals surface area contributed by atoms with Crippen molar-refractivity contribution in [1.29, 1.82) is 0 Å². The Bertz CT molecular complexity index is 340. The number of ether oxygens (including phenoxy) is 4. The topological polar surface area (TPSA) is 60.5 Å². The van der Waals surface area contributed by atoms with E-state index in [1.807, 2.05) is 12.2 Å². The number of hydrogen-bond donors (Lipinski definition) is 1. The van der Waals surface area contributed by atoms with Crippen LogP contribution in [0.5, 0.6) is 0 Å². The third-order valence-corrected chi connectivity index (χ3v) is 3.69. The molecule has 3 fully saturated rings. The molecule has 0 aliphatic carbocycles. The molecule has 0 saturated carbocycles. The first-order valence-corrected chi connectivity index (χ1v) is 6.90. The van der Waals surface area contributed by atoms with Crippen LogP contribution in [0.4, 0.5) is 0 Å². The molecule has 0 radical (unpaired) electrons. The predicted molar refractivity (Wildman–Crippen MR) is 67.6 cm³/mol. The lowest BCUT2D eigenvalue weighted by atomic mass is 9.96. The molecule has 0 aromatic carbocycles. The fourth-order valence-corrected chi connectivity index (χ4v) is 2.42. The van der Waals surface area contributed by atoms with Gasteiger partial charge in [0.05, 0.1) is 32.0 Å². The van der Waals surface area contributed by atoms with E-state index in [0.29, 0.717) is 19.6 Å². The van der Waals surface area contributed by atoms with E-state index in [0.717, 1.165) is 6.61 Å². The standard InChI is InChI=1S/C14H22O5/c1-14(2)7-17-13(18-8-14)4-3-10-9(15)5-11(19-10)12-6-16-12/h3-4,9-13,15H,5-8H2,1-2H3/b4-3+/t9-,10-,11-,12+/m0/s1. The molecule has 5 nitrogen and oxygen atoms in total. The Morgan fingerprint density at radius 2 is 1.74 bits per heavy atom. The van der Waals surface area contributed by atoms with Gasteiger partial charge < -0.3 is 24.1 Å². The first-order valence-electron chi connectivity index (χ1n) is 6.90. The zero-order valence-electron chi connectivity index (χ0n) is 11.5. The molecule has 3 heterocycles. The Kier molecular flexibility index (Phi) is 3.66. The zero-order chi connectivity index (χ0) is 13.5. The molecule has 0 amide bonds. The van der Waals surface area contributed by atoms with Crippen molar-refractivity contribution in [2.24, 2.45) is 5.41 Å². The van der Waals surface area contributed by atoms with Crippen molar-refractivity contribution >= 4 is 0 Å². The summed E-state index contributed by atoms with van der Waals surface area (Å²) in [6.07, 6.45) is 3.43. The highest BCUT2D eigenvalue weighted by Crippen LogP contribution is 2.30. The Morgan fingerprint density at radius 1 is 1.05 bits per heavy atom. The van der Waals surface area contributed by atoms with Crippen LogP contribution < -0.4 is 0 Å². The average Bonchev–Trinajstić information content (AvgIpc) is 3.13. The first kappa shape index (κ1) is 13.5. The molecule has 3 aliphatic heterocycles. The van der Waals surface area contributed by atoms with Crippen molar-refractivity contribution < 1.29 is 24.1 Å². The fraction of sp³-hybridized carbons (Fsp3) is 0.857. The smallest absolute Gasteiger partial charge is 0.176 e. The molecule has 0 unspecified atom stereocenters. The quantitative estimate of drug-likeness (QED) is 0.609. The molecule has 0 spiro atoms. The number of aliphatic hydroxyl groups excluding tert-OH is 1. The van der Waals surface area contributed by atoms with Crippen LogP contribution in [0.2, 0.25) is 0 Å². The van der Waals surface area contributed by atoms with Crippen LogP contribution in [-0.4, -0.2) is 55.6 Å². The van der Waals surface area contributed by atoms with E-state index in [1.54, 1.807) is 0 Å². The van der Waals surface area contributed by atoms with E-state index in [1.165, 1.54) is 0 Å². The zero-order valence-corrected chi connectivity index (χ0v) is 11.5. The second-order valence-corrected chi connectivity index (χ2v) is 6.35. The second-order valence-electron chi connectivity index (χ2n) is 6.35. The largest absolute Gasteiger partial charge is 0.390 e. The molecule has 3 aliphatic rings. The molecule has 5 heteroatoms. The monoisotopic (exact) mass is 270 g/mol. The minimum absolute atomic E-state index is 0.0248. The van der Waals surface area contributed by atoms with Gasteiger partial charge in [-0.2, -0.15) is 0 Å². The lowest BCUT2D eigenvalue weighted by molar-refractivity contribution is -0.197. The van der Waals surface area contributed by atoms with Gasteiger partial charge in [-0.3, -0.25) is 0 Å². The number of rotatable bonds is 3. The molecule has 0 aromatic rings. The molecular weight excluding hydrogens is 248 g/mol. The molecule has 19 heavy (non-hydrogen) atoms. The first-order chi connectivity index (χ1) is 9.03. The summed E-state index contributed by atoms with van der Waals surface area (Å²) in [6, 6.07) is 0. The lowest BCUT2D eigenvalue weighted by Gasteiger charge is -2.33. The molecule has 0 bridgehead atoms. The van der Waals surface area contributed by atoms with Crippen LogP contribution in [0.3, 0.4) is 0 Å². The summed E-state index contributed by atoms with van der Waals surface area (Å²) < 4.78 is 22.2. The maximum atomic E-state index is 9.94. The van der Waals surface area contributed by atoms with Gasteiger partial charge in [-0.25, -0.2) is 0 Å². The number of aliphatic hydroxyl groups is 1. The molecule has 0 aromatic heterocycles. The highest BCUT2D eigenvalue weighted by molar-refractivity contribution is 5.02. The summed E-state index contributed by atoms with van der Waals surface area (Å²) in [4.78, 5) is 0. The summed E-state index contributed by atoms with van der Waals surface area (Å²) in [6.45, 7) is 6.31. The van der Waals surface area contributed by atoms with Gasteiger partial charge in [0, 0.05) is 11.8 Å². The second kappa shape index (κ2) is 5.14. The van der Waals surface area contributed by atoms with Gasteiger partial charge in [-0.1, -0.05) is 19.9 Å². The van der Waals surface area contributed by atoms with Gasteiger partial charge in [0.2, 0.25) is 0 Å². The van der Waals surface area contributed by atoms with Crippen molar-refractivity contribution in [2.75, 3.05) is 19.8 Å². The van der Waals surface area contributed by atoms with Crippen LogP contribution in [0, 0.1) is 5.41 Å². The average molecular weight is 270 g/mol. The van der Waals surface area contributed by atoms with Crippen LogP contribution in [0.1, 0.15) is 20.3 Å². The van der Waals surface area contributed by atoms with Crippen LogP contribution in [0.15, 0.2) is 12.2 Å². The third-order valence-electron chi connectivity index (χ3n) is 3.69. The van der Waals surface area contributed by atoms with Gasteiger partial charge in [-0.15, -0.1) is 0 Å². The Balaban J connectivity index is 1.49. The fourth-order valence-electron chi connectivity index (χ4n) is 2.42. The highest BCUT2D eigenvalue weighted by Gasteiger charge is 2.42. The van der Waals surface area contributed by atoms with Crippen molar-refractivity contribution in [3.8, 4) is 0 Å². The normalized spacial score (nSPS) is 42.9. The summed E-state index contributed by atoms with van der Waals surface area (Å²) >= 11 is 0. The molecule has 3 rings (SSSR count). The van der Waals surface area contributed by atoms with Gasteiger partial charge in [0.1, 0.15) is 12.2 Å². The van der Waals surface area contributed by atoms with Crippen molar-refractivity contribution in [1.82, 2.24) is 0 Å². The Labute approximate surface area is 113 Å². The molecule has 1 N–H and O–H groups in total. The summed E-state index contributed by atoms with van der Waals surface area (Å²) in [7, 11) is 0. The third kappa shape index (κ3) is 3.35. The summed E-state index contributed by atoms with van der Waals surface area (Å²) in [5, 5.41) is 9.94. The van der Waals surface area contributed by atoms with Crippen LogP contribution >= 0.6 is 0 Å². The molecule has 4 atom stereocenters. The highest BCUT2D eigenvalue weighted by atomic mass is 16.7. The van der Waals surface area contributed by atoms with E-state index >= 15 is 0 Å². The van der Waals surface area contributed by atoms with E-state index < -0.39 is 6.10 Å². The van der Waals surface area contributed by atoms with Gasteiger partial charge in [-0.05, 0) is 6.08 Å². The number of epoxide rings is 1. The predicted octanol–water partition coefficient (Wildman–Crippen LogP) is 0.859. The van der Waals surface area contributed by atoms with E-state index in [-0.39, 0.29) is 30.0 Å².